The molecule has 2 fully saturated rings. The first-order chi connectivity index (χ1) is 7.27. The quantitative estimate of drug-likeness (QED) is 0.623. The molecule has 0 aliphatic carbocycles. The highest BCUT2D eigenvalue weighted by Gasteiger charge is 2.40. The van der Waals surface area contributed by atoms with Crippen molar-refractivity contribution in [2.45, 2.75) is 18.4 Å². The number of likely N-dealkylation sites (N-methyl/N-ethyl adjacent to an activating group) is 1. The van der Waals surface area contributed by atoms with Crippen LogP contribution in [0.15, 0.2) is 0 Å². The van der Waals surface area contributed by atoms with E-state index in [-0.39, 0.29) is 5.54 Å². The second-order valence-electron chi connectivity index (χ2n) is 4.59. The van der Waals surface area contributed by atoms with Crippen molar-refractivity contribution in [2.24, 2.45) is 0 Å². The Morgan fingerprint density at radius 2 is 2.00 bits per heavy atom. The summed E-state index contributed by atoms with van der Waals surface area (Å²) >= 11 is 0. The number of ether oxygens (including phenoxy) is 1. The molecule has 0 saturated carbocycles. The first-order valence-electron chi connectivity index (χ1n) is 5.69. The topological polar surface area (TPSA) is 39.5 Å². The van der Waals surface area contributed by atoms with Crippen molar-refractivity contribution in [3.05, 3.63) is 0 Å². The van der Waals surface area contributed by atoms with Gasteiger partial charge in [0, 0.05) is 32.8 Å². The average molecular weight is 209 g/mol. The van der Waals surface area contributed by atoms with Crippen LogP contribution in [0, 0.1) is 11.3 Å². The van der Waals surface area contributed by atoms with Gasteiger partial charge in [-0.25, -0.2) is 0 Å². The molecular formula is C11H19N3O. The predicted molar refractivity (Wildman–Crippen MR) is 57.5 cm³/mol. The Kier molecular flexibility index (Phi) is 3.25. The van der Waals surface area contributed by atoms with E-state index in [2.05, 4.69) is 22.9 Å². The van der Waals surface area contributed by atoms with Gasteiger partial charge in [0.25, 0.3) is 0 Å². The second kappa shape index (κ2) is 4.48. The molecule has 0 N–H and O–H groups in total. The molecule has 2 heterocycles. The maximum absolute atomic E-state index is 9.37. The third kappa shape index (κ3) is 2.15. The summed E-state index contributed by atoms with van der Waals surface area (Å²) in [5.41, 5.74) is -0.334. The molecule has 2 saturated heterocycles. The van der Waals surface area contributed by atoms with Crippen molar-refractivity contribution in [1.82, 2.24) is 9.80 Å². The third-order valence-corrected chi connectivity index (χ3v) is 3.54. The van der Waals surface area contributed by atoms with Gasteiger partial charge in [0.05, 0.1) is 12.7 Å². The smallest absolute Gasteiger partial charge is 0.132 e. The zero-order valence-electron chi connectivity index (χ0n) is 9.41. The summed E-state index contributed by atoms with van der Waals surface area (Å²) in [6.45, 7) is 5.51. The van der Waals surface area contributed by atoms with Gasteiger partial charge in [-0.15, -0.1) is 0 Å². The molecule has 2 rings (SSSR count). The highest BCUT2D eigenvalue weighted by atomic mass is 16.5. The van der Waals surface area contributed by atoms with Crippen molar-refractivity contribution in [1.29, 1.82) is 5.26 Å². The minimum absolute atomic E-state index is 0.334. The standard InChI is InChI=1S/C11H19N3O/c1-13-4-6-14(7-5-13)11(9-12)3-2-8-15-10-11/h2-8,10H2,1H3. The van der Waals surface area contributed by atoms with Crippen molar-refractivity contribution in [2.75, 3.05) is 46.4 Å². The Morgan fingerprint density at radius 3 is 2.53 bits per heavy atom. The van der Waals surface area contributed by atoms with E-state index in [1.54, 1.807) is 0 Å². The zero-order valence-corrected chi connectivity index (χ0v) is 9.41. The molecule has 0 bridgehead atoms. The number of piperazine rings is 1. The molecule has 0 spiro atoms. The fourth-order valence-electron chi connectivity index (χ4n) is 2.42. The minimum atomic E-state index is -0.334. The lowest BCUT2D eigenvalue weighted by Crippen LogP contribution is -2.59. The lowest BCUT2D eigenvalue weighted by atomic mass is 9.91. The number of nitriles is 1. The van der Waals surface area contributed by atoms with Gasteiger partial charge in [0.15, 0.2) is 0 Å². The Labute approximate surface area is 91.4 Å². The van der Waals surface area contributed by atoms with Gasteiger partial charge in [-0.3, -0.25) is 4.90 Å². The monoisotopic (exact) mass is 209 g/mol. The second-order valence-corrected chi connectivity index (χ2v) is 4.59. The molecule has 2 aliphatic rings. The van der Waals surface area contributed by atoms with Crippen LogP contribution in [-0.4, -0.2) is 61.8 Å². The predicted octanol–water partition coefficient (Wildman–Crippen LogP) is 0.307. The minimum Gasteiger partial charge on any atom is -0.378 e. The first kappa shape index (κ1) is 10.9. The van der Waals surface area contributed by atoms with Gasteiger partial charge in [-0.1, -0.05) is 0 Å². The molecule has 0 radical (unpaired) electrons. The van der Waals surface area contributed by atoms with E-state index in [0.29, 0.717) is 6.61 Å². The Bertz CT molecular complexity index is 247. The van der Waals surface area contributed by atoms with E-state index in [9.17, 15) is 5.26 Å². The maximum atomic E-state index is 9.37. The molecule has 4 nitrogen and oxygen atoms in total. The summed E-state index contributed by atoms with van der Waals surface area (Å²) in [4.78, 5) is 4.62. The van der Waals surface area contributed by atoms with Crippen molar-refractivity contribution >= 4 is 0 Å². The molecule has 0 aromatic rings. The largest absolute Gasteiger partial charge is 0.378 e. The molecular weight excluding hydrogens is 190 g/mol. The van der Waals surface area contributed by atoms with Gasteiger partial charge in [0.2, 0.25) is 0 Å². The summed E-state index contributed by atoms with van der Waals surface area (Å²) in [6, 6.07) is 2.48. The number of hydrogen-bond acceptors (Lipinski definition) is 4. The Balaban J connectivity index is 2.03. The summed E-state index contributed by atoms with van der Waals surface area (Å²) in [6.07, 6.45) is 1.98. The first-order valence-corrected chi connectivity index (χ1v) is 5.69. The fraction of sp³-hybridized carbons (Fsp3) is 0.909. The van der Waals surface area contributed by atoms with E-state index in [4.69, 9.17) is 4.74 Å². The molecule has 2 aliphatic heterocycles. The highest BCUT2D eigenvalue weighted by molar-refractivity contribution is 5.10. The van der Waals surface area contributed by atoms with Gasteiger partial charge < -0.3 is 9.64 Å². The van der Waals surface area contributed by atoms with Crippen LogP contribution in [0.1, 0.15) is 12.8 Å². The lowest BCUT2D eigenvalue weighted by Gasteiger charge is -2.44. The zero-order chi connectivity index (χ0) is 10.7. The van der Waals surface area contributed by atoms with Crippen LogP contribution in [0.3, 0.4) is 0 Å². The van der Waals surface area contributed by atoms with Crippen LogP contribution in [0.4, 0.5) is 0 Å². The molecule has 0 aromatic carbocycles. The van der Waals surface area contributed by atoms with Crippen LogP contribution in [0.2, 0.25) is 0 Å². The number of rotatable bonds is 1. The Hall–Kier alpha value is -0.630. The van der Waals surface area contributed by atoms with Crippen molar-refractivity contribution < 1.29 is 4.74 Å². The van der Waals surface area contributed by atoms with E-state index in [1.165, 1.54) is 0 Å². The van der Waals surface area contributed by atoms with E-state index < -0.39 is 0 Å². The van der Waals surface area contributed by atoms with Crippen LogP contribution < -0.4 is 0 Å². The number of hydrogen-bond donors (Lipinski definition) is 0. The SMILES string of the molecule is CN1CCN(C2(C#N)CCCOC2)CC1. The van der Waals surface area contributed by atoms with Crippen molar-refractivity contribution in [3.63, 3.8) is 0 Å². The summed E-state index contributed by atoms with van der Waals surface area (Å²) in [7, 11) is 2.13. The van der Waals surface area contributed by atoms with Crippen LogP contribution in [-0.2, 0) is 4.74 Å². The van der Waals surface area contributed by atoms with Crippen LogP contribution >= 0.6 is 0 Å². The highest BCUT2D eigenvalue weighted by Crippen LogP contribution is 2.26. The molecule has 0 aromatic heterocycles. The van der Waals surface area contributed by atoms with Gasteiger partial charge in [0.1, 0.15) is 5.54 Å². The summed E-state index contributed by atoms with van der Waals surface area (Å²) < 4.78 is 5.48. The van der Waals surface area contributed by atoms with Gasteiger partial charge >= 0.3 is 0 Å². The Morgan fingerprint density at radius 1 is 1.27 bits per heavy atom. The van der Waals surface area contributed by atoms with Gasteiger partial charge in [-0.2, -0.15) is 5.26 Å². The van der Waals surface area contributed by atoms with Gasteiger partial charge in [-0.05, 0) is 19.9 Å². The molecule has 1 unspecified atom stereocenters. The molecule has 84 valence electrons. The molecule has 1 atom stereocenters. The van der Waals surface area contributed by atoms with Crippen LogP contribution in [0.5, 0.6) is 0 Å². The molecule has 15 heavy (non-hydrogen) atoms. The summed E-state index contributed by atoms with van der Waals surface area (Å²) in [5, 5.41) is 9.37. The number of nitrogens with zero attached hydrogens (tertiary/aromatic N) is 3. The molecule has 0 amide bonds. The van der Waals surface area contributed by atoms with Crippen LogP contribution in [0.25, 0.3) is 0 Å². The summed E-state index contributed by atoms with van der Waals surface area (Å²) in [5.74, 6) is 0. The van der Waals surface area contributed by atoms with E-state index in [1.807, 2.05) is 0 Å². The van der Waals surface area contributed by atoms with E-state index in [0.717, 1.165) is 45.6 Å². The molecule has 4 heteroatoms. The van der Waals surface area contributed by atoms with Crippen molar-refractivity contribution in [3.8, 4) is 6.07 Å². The third-order valence-electron chi connectivity index (χ3n) is 3.54. The normalized spacial score (nSPS) is 34.9. The average Bonchev–Trinajstić information content (AvgIpc) is 2.31. The fourth-order valence-corrected chi connectivity index (χ4v) is 2.42. The maximum Gasteiger partial charge on any atom is 0.132 e. The van der Waals surface area contributed by atoms with E-state index >= 15 is 0 Å². The lowest BCUT2D eigenvalue weighted by molar-refractivity contribution is -0.0343.